The number of aromatic nitrogens is 1. The number of thiazole rings is 1. The van der Waals surface area contributed by atoms with E-state index in [1.807, 2.05) is 6.92 Å². The SMILES string of the molecule is Cc1ncc(C(=O)C2CCOC3(CCCC3)C2)s1. The van der Waals surface area contributed by atoms with Crippen LogP contribution in [-0.2, 0) is 4.74 Å². The Balaban J connectivity index is 1.74. The van der Waals surface area contributed by atoms with Crippen molar-refractivity contribution < 1.29 is 9.53 Å². The summed E-state index contributed by atoms with van der Waals surface area (Å²) >= 11 is 1.52. The third-order valence-corrected chi connectivity index (χ3v) is 5.17. The average molecular weight is 265 g/mol. The van der Waals surface area contributed by atoms with E-state index in [0.717, 1.165) is 42.2 Å². The molecule has 4 heteroatoms. The van der Waals surface area contributed by atoms with Crippen molar-refractivity contribution in [2.75, 3.05) is 6.61 Å². The number of Topliss-reactive ketones (excluding diaryl/α,β-unsaturated/α-hetero) is 1. The predicted molar refractivity (Wildman–Crippen MR) is 71.1 cm³/mol. The highest BCUT2D eigenvalue weighted by molar-refractivity contribution is 7.13. The molecule has 2 fully saturated rings. The maximum atomic E-state index is 12.5. The summed E-state index contributed by atoms with van der Waals surface area (Å²) in [7, 11) is 0. The Morgan fingerprint density at radius 2 is 2.28 bits per heavy atom. The zero-order valence-corrected chi connectivity index (χ0v) is 11.6. The Hall–Kier alpha value is -0.740. The van der Waals surface area contributed by atoms with Gasteiger partial charge in [0.05, 0.1) is 15.5 Å². The molecule has 1 aliphatic carbocycles. The minimum atomic E-state index is 0.0261. The molecule has 1 aromatic rings. The first-order valence-corrected chi connectivity index (χ1v) is 7.61. The fourth-order valence-electron chi connectivity index (χ4n) is 3.30. The molecule has 98 valence electrons. The molecular formula is C14H19NO2S. The molecule has 0 N–H and O–H groups in total. The van der Waals surface area contributed by atoms with Gasteiger partial charge < -0.3 is 4.74 Å². The molecule has 1 unspecified atom stereocenters. The molecule has 1 aliphatic heterocycles. The fourth-order valence-corrected chi connectivity index (χ4v) is 4.09. The van der Waals surface area contributed by atoms with Gasteiger partial charge in [0.15, 0.2) is 5.78 Å². The normalized spacial score (nSPS) is 26.6. The summed E-state index contributed by atoms with van der Waals surface area (Å²) in [6.07, 6.45) is 8.30. The summed E-state index contributed by atoms with van der Waals surface area (Å²) in [4.78, 5) is 17.5. The molecule has 1 aromatic heterocycles. The van der Waals surface area contributed by atoms with Crippen LogP contribution in [0.4, 0.5) is 0 Å². The Morgan fingerprint density at radius 3 is 2.94 bits per heavy atom. The largest absolute Gasteiger partial charge is 0.375 e. The van der Waals surface area contributed by atoms with Gasteiger partial charge in [-0.2, -0.15) is 0 Å². The van der Waals surface area contributed by atoms with E-state index in [0.29, 0.717) is 0 Å². The number of ether oxygens (including phenoxy) is 1. The quantitative estimate of drug-likeness (QED) is 0.770. The zero-order valence-electron chi connectivity index (χ0n) is 10.8. The van der Waals surface area contributed by atoms with E-state index in [-0.39, 0.29) is 17.3 Å². The summed E-state index contributed by atoms with van der Waals surface area (Å²) < 4.78 is 5.98. The summed E-state index contributed by atoms with van der Waals surface area (Å²) in [6, 6.07) is 0. The molecule has 0 amide bonds. The second kappa shape index (κ2) is 4.74. The molecule has 18 heavy (non-hydrogen) atoms. The van der Waals surface area contributed by atoms with Gasteiger partial charge in [-0.25, -0.2) is 4.98 Å². The number of hydrogen-bond donors (Lipinski definition) is 0. The van der Waals surface area contributed by atoms with Crippen LogP contribution >= 0.6 is 11.3 Å². The highest BCUT2D eigenvalue weighted by atomic mass is 32.1. The molecular weight excluding hydrogens is 246 g/mol. The molecule has 2 heterocycles. The van der Waals surface area contributed by atoms with E-state index in [2.05, 4.69) is 4.98 Å². The van der Waals surface area contributed by atoms with Crippen LogP contribution in [0.2, 0.25) is 0 Å². The van der Waals surface area contributed by atoms with Crippen LogP contribution in [0, 0.1) is 12.8 Å². The van der Waals surface area contributed by atoms with E-state index >= 15 is 0 Å². The maximum absolute atomic E-state index is 12.5. The molecule has 1 saturated heterocycles. The third-order valence-electron chi connectivity index (χ3n) is 4.24. The molecule has 3 rings (SSSR count). The van der Waals surface area contributed by atoms with Crippen LogP contribution in [-0.4, -0.2) is 23.0 Å². The van der Waals surface area contributed by atoms with Gasteiger partial charge in [-0.15, -0.1) is 11.3 Å². The Bertz CT molecular complexity index is 448. The summed E-state index contributed by atoms with van der Waals surface area (Å²) in [6.45, 7) is 2.69. The lowest BCUT2D eigenvalue weighted by molar-refractivity contribution is -0.0865. The van der Waals surface area contributed by atoms with Crippen LogP contribution in [0.15, 0.2) is 6.20 Å². The van der Waals surface area contributed by atoms with Gasteiger partial charge in [0, 0.05) is 18.7 Å². The highest BCUT2D eigenvalue weighted by Gasteiger charge is 2.42. The van der Waals surface area contributed by atoms with E-state index in [9.17, 15) is 4.79 Å². The topological polar surface area (TPSA) is 39.2 Å². The van der Waals surface area contributed by atoms with E-state index in [1.54, 1.807) is 6.20 Å². The summed E-state index contributed by atoms with van der Waals surface area (Å²) in [5.41, 5.74) is 0.0261. The molecule has 0 bridgehead atoms. The molecule has 3 nitrogen and oxygen atoms in total. The monoisotopic (exact) mass is 265 g/mol. The predicted octanol–water partition coefficient (Wildman–Crippen LogP) is 3.37. The number of carbonyl (C=O) groups excluding carboxylic acids is 1. The first kappa shape index (κ1) is 12.3. The van der Waals surface area contributed by atoms with Gasteiger partial charge in [0.2, 0.25) is 0 Å². The van der Waals surface area contributed by atoms with Gasteiger partial charge >= 0.3 is 0 Å². The van der Waals surface area contributed by atoms with Crippen molar-refractivity contribution >= 4 is 17.1 Å². The molecule has 0 aromatic carbocycles. The zero-order chi connectivity index (χ0) is 12.6. The van der Waals surface area contributed by atoms with Crippen LogP contribution in [0.25, 0.3) is 0 Å². The van der Waals surface area contributed by atoms with Crippen molar-refractivity contribution in [3.63, 3.8) is 0 Å². The van der Waals surface area contributed by atoms with Gasteiger partial charge in [-0.05, 0) is 32.6 Å². The first-order chi connectivity index (χ1) is 8.69. The lowest BCUT2D eigenvalue weighted by Gasteiger charge is -2.37. The van der Waals surface area contributed by atoms with Crippen LogP contribution < -0.4 is 0 Å². The summed E-state index contributed by atoms with van der Waals surface area (Å²) in [5, 5.41) is 0.973. The lowest BCUT2D eigenvalue weighted by atomic mass is 9.82. The minimum Gasteiger partial charge on any atom is -0.375 e. The van der Waals surface area contributed by atoms with Gasteiger partial charge in [-0.1, -0.05) is 12.8 Å². The number of ketones is 1. The number of aryl methyl sites for hydroxylation is 1. The number of carbonyl (C=O) groups is 1. The maximum Gasteiger partial charge on any atom is 0.177 e. The van der Waals surface area contributed by atoms with Gasteiger partial charge in [0.25, 0.3) is 0 Å². The molecule has 1 atom stereocenters. The van der Waals surface area contributed by atoms with Gasteiger partial charge in [0.1, 0.15) is 0 Å². The molecule has 0 radical (unpaired) electrons. The highest BCUT2D eigenvalue weighted by Crippen LogP contribution is 2.42. The summed E-state index contributed by atoms with van der Waals surface area (Å²) in [5.74, 6) is 0.437. The first-order valence-electron chi connectivity index (χ1n) is 6.79. The lowest BCUT2D eigenvalue weighted by Crippen LogP contribution is -2.39. The molecule has 1 spiro atoms. The average Bonchev–Trinajstić information content (AvgIpc) is 2.98. The van der Waals surface area contributed by atoms with Crippen molar-refractivity contribution in [3.8, 4) is 0 Å². The Morgan fingerprint density at radius 1 is 1.50 bits per heavy atom. The fraction of sp³-hybridized carbons (Fsp3) is 0.714. The second-order valence-corrected chi connectivity index (χ2v) is 6.77. The van der Waals surface area contributed by atoms with Crippen LogP contribution in [0.3, 0.4) is 0 Å². The number of hydrogen-bond acceptors (Lipinski definition) is 4. The molecule has 2 aliphatic rings. The van der Waals surface area contributed by atoms with E-state index in [4.69, 9.17) is 4.74 Å². The number of nitrogens with zero attached hydrogens (tertiary/aromatic N) is 1. The van der Waals surface area contributed by atoms with Crippen molar-refractivity contribution in [1.82, 2.24) is 4.98 Å². The van der Waals surface area contributed by atoms with Crippen molar-refractivity contribution in [2.24, 2.45) is 5.92 Å². The standard InChI is InChI=1S/C14H19NO2S/c1-10-15-9-12(18-10)13(16)11-4-7-17-14(8-11)5-2-3-6-14/h9,11H,2-8H2,1H3. The minimum absolute atomic E-state index is 0.0261. The molecule has 1 saturated carbocycles. The van der Waals surface area contributed by atoms with Crippen LogP contribution in [0.1, 0.15) is 53.2 Å². The number of rotatable bonds is 2. The third kappa shape index (κ3) is 2.24. The van der Waals surface area contributed by atoms with Crippen molar-refractivity contribution in [2.45, 2.75) is 51.0 Å². The Labute approximate surface area is 112 Å². The Kier molecular flexibility index (Phi) is 3.24. The second-order valence-electron chi connectivity index (χ2n) is 5.54. The van der Waals surface area contributed by atoms with E-state index in [1.165, 1.54) is 24.2 Å². The van der Waals surface area contributed by atoms with Crippen molar-refractivity contribution in [1.29, 1.82) is 0 Å². The van der Waals surface area contributed by atoms with Crippen molar-refractivity contribution in [3.05, 3.63) is 16.1 Å². The smallest absolute Gasteiger partial charge is 0.177 e. The van der Waals surface area contributed by atoms with E-state index < -0.39 is 0 Å². The van der Waals surface area contributed by atoms with Crippen LogP contribution in [0.5, 0.6) is 0 Å². The van der Waals surface area contributed by atoms with Gasteiger partial charge in [-0.3, -0.25) is 4.79 Å².